The van der Waals surface area contributed by atoms with Crippen molar-refractivity contribution in [2.75, 3.05) is 0 Å². The van der Waals surface area contributed by atoms with E-state index < -0.39 is 6.17 Å². The second-order valence-corrected chi connectivity index (χ2v) is 1.83. The molecule has 1 atom stereocenters. The molecular weight excluding hydrogens is 117 g/mol. The summed E-state index contributed by atoms with van der Waals surface area (Å²) in [5.41, 5.74) is 0.465. The highest BCUT2D eigenvalue weighted by Gasteiger charge is 1.98. The van der Waals surface area contributed by atoms with E-state index >= 15 is 0 Å². The van der Waals surface area contributed by atoms with Crippen molar-refractivity contribution in [2.24, 2.45) is 0 Å². The number of halogens is 1. The third kappa shape index (κ3) is 1.49. The lowest BCUT2D eigenvalue weighted by Crippen LogP contribution is -1.84. The first-order valence-corrected chi connectivity index (χ1v) is 2.76. The molecule has 1 aromatic rings. The number of pyridine rings is 1. The highest BCUT2D eigenvalue weighted by atomic mass is 19.1. The minimum Gasteiger partial charge on any atom is -0.264 e. The van der Waals surface area contributed by atoms with Crippen LogP contribution >= 0.6 is 0 Å². The SMILES string of the molecule is [2H]c1cncc([C@H](C)F)c1. The van der Waals surface area contributed by atoms with Gasteiger partial charge >= 0.3 is 0 Å². The molecule has 0 aliphatic heterocycles. The normalized spacial score (nSPS) is 14.7. The lowest BCUT2D eigenvalue weighted by atomic mass is 10.2. The number of rotatable bonds is 1. The lowest BCUT2D eigenvalue weighted by Gasteiger charge is -1.97. The van der Waals surface area contributed by atoms with Crippen molar-refractivity contribution >= 4 is 0 Å². The Morgan fingerprint density at radius 2 is 2.67 bits per heavy atom. The highest BCUT2D eigenvalue weighted by Crippen LogP contribution is 2.12. The smallest absolute Gasteiger partial charge is 0.124 e. The van der Waals surface area contributed by atoms with E-state index in [0.29, 0.717) is 5.56 Å². The maximum atomic E-state index is 12.5. The van der Waals surface area contributed by atoms with Crippen LogP contribution in [-0.2, 0) is 0 Å². The summed E-state index contributed by atoms with van der Waals surface area (Å²) in [5.74, 6) is 0. The van der Waals surface area contributed by atoms with Crippen LogP contribution in [0.15, 0.2) is 24.5 Å². The van der Waals surface area contributed by atoms with Gasteiger partial charge in [-0.1, -0.05) is 6.07 Å². The van der Waals surface area contributed by atoms with E-state index in [1.807, 2.05) is 0 Å². The largest absolute Gasteiger partial charge is 0.264 e. The van der Waals surface area contributed by atoms with Gasteiger partial charge in [0.05, 0.1) is 1.37 Å². The van der Waals surface area contributed by atoms with E-state index in [9.17, 15) is 4.39 Å². The van der Waals surface area contributed by atoms with E-state index in [0.717, 1.165) is 0 Å². The summed E-state index contributed by atoms with van der Waals surface area (Å²) in [7, 11) is 0. The Bertz CT molecular complexity index is 225. The third-order valence-electron chi connectivity index (χ3n) is 1.08. The van der Waals surface area contributed by atoms with Gasteiger partial charge in [0.15, 0.2) is 0 Å². The van der Waals surface area contributed by atoms with Crippen molar-refractivity contribution in [3.63, 3.8) is 0 Å². The van der Waals surface area contributed by atoms with Crippen LogP contribution in [0.2, 0.25) is 0 Å². The van der Waals surface area contributed by atoms with Gasteiger partial charge in [-0.25, -0.2) is 4.39 Å². The van der Waals surface area contributed by atoms with Crippen LogP contribution in [0.25, 0.3) is 0 Å². The average molecular weight is 126 g/mol. The summed E-state index contributed by atoms with van der Waals surface area (Å²) >= 11 is 0. The van der Waals surface area contributed by atoms with Crippen LogP contribution < -0.4 is 0 Å². The number of nitrogens with zero attached hydrogens (tertiary/aromatic N) is 1. The highest BCUT2D eigenvalue weighted by molar-refractivity contribution is 5.10. The molecule has 9 heavy (non-hydrogen) atoms. The average Bonchev–Trinajstić information content (AvgIpc) is 1.88. The second-order valence-electron chi connectivity index (χ2n) is 1.83. The molecule has 1 nitrogen and oxygen atoms in total. The maximum Gasteiger partial charge on any atom is 0.124 e. The Morgan fingerprint density at radius 1 is 1.89 bits per heavy atom. The van der Waals surface area contributed by atoms with Crippen LogP contribution in [0.5, 0.6) is 0 Å². The van der Waals surface area contributed by atoms with Crippen LogP contribution in [0, 0.1) is 0 Å². The van der Waals surface area contributed by atoms with E-state index in [4.69, 9.17) is 1.37 Å². The van der Waals surface area contributed by atoms with Crippen molar-refractivity contribution in [1.82, 2.24) is 4.98 Å². The number of hydrogen-bond acceptors (Lipinski definition) is 1. The zero-order valence-electron chi connectivity index (χ0n) is 6.13. The Morgan fingerprint density at radius 3 is 3.11 bits per heavy atom. The molecule has 0 N–H and O–H groups in total. The fourth-order valence-corrected chi connectivity index (χ4v) is 0.555. The van der Waals surface area contributed by atoms with Crippen LogP contribution in [0.3, 0.4) is 0 Å². The first kappa shape index (κ1) is 4.91. The minimum absolute atomic E-state index is 0.252. The molecule has 0 aliphatic rings. The molecule has 2 heteroatoms. The van der Waals surface area contributed by atoms with Crippen LogP contribution in [0.4, 0.5) is 4.39 Å². The van der Waals surface area contributed by atoms with Crippen molar-refractivity contribution in [1.29, 1.82) is 0 Å². The van der Waals surface area contributed by atoms with Gasteiger partial charge in [0.1, 0.15) is 6.17 Å². The van der Waals surface area contributed by atoms with Gasteiger partial charge in [-0.2, -0.15) is 0 Å². The van der Waals surface area contributed by atoms with Gasteiger partial charge in [0.25, 0.3) is 0 Å². The molecule has 0 saturated carbocycles. The lowest BCUT2D eigenvalue weighted by molar-refractivity contribution is 0.373. The van der Waals surface area contributed by atoms with Gasteiger partial charge in [0.2, 0.25) is 0 Å². The summed E-state index contributed by atoms with van der Waals surface area (Å²) in [6, 6.07) is 1.72. The first-order chi connectivity index (χ1) is 4.70. The predicted octanol–water partition coefficient (Wildman–Crippen LogP) is 2.11. The first-order valence-electron chi connectivity index (χ1n) is 3.26. The molecule has 0 aromatic carbocycles. The summed E-state index contributed by atoms with van der Waals surface area (Å²) in [4.78, 5) is 3.68. The maximum absolute atomic E-state index is 12.5. The predicted molar refractivity (Wildman–Crippen MR) is 33.8 cm³/mol. The minimum atomic E-state index is -1.03. The van der Waals surface area contributed by atoms with E-state index in [2.05, 4.69) is 4.98 Å². The number of hydrogen-bond donors (Lipinski definition) is 0. The molecule has 0 spiro atoms. The molecule has 0 radical (unpaired) electrons. The van der Waals surface area contributed by atoms with Gasteiger partial charge in [-0.15, -0.1) is 0 Å². The summed E-state index contributed by atoms with van der Waals surface area (Å²) in [5, 5.41) is 0. The molecule has 1 heterocycles. The van der Waals surface area contributed by atoms with Crippen molar-refractivity contribution in [3.05, 3.63) is 30.1 Å². The van der Waals surface area contributed by atoms with Gasteiger partial charge in [-0.05, 0) is 13.0 Å². The summed E-state index contributed by atoms with van der Waals surface area (Å²) in [6.07, 6.45) is 1.78. The summed E-state index contributed by atoms with van der Waals surface area (Å²) < 4.78 is 19.6. The van der Waals surface area contributed by atoms with Crippen LogP contribution in [-0.4, -0.2) is 4.98 Å². The fraction of sp³-hybridized carbons (Fsp3) is 0.286. The van der Waals surface area contributed by atoms with E-state index in [1.54, 1.807) is 0 Å². The summed E-state index contributed by atoms with van der Waals surface area (Å²) in [6.45, 7) is 1.43. The van der Waals surface area contributed by atoms with Crippen molar-refractivity contribution in [2.45, 2.75) is 13.1 Å². The molecule has 0 fully saturated rings. The Kier molecular flexibility index (Phi) is 1.41. The molecule has 1 rings (SSSR count). The van der Waals surface area contributed by atoms with Crippen molar-refractivity contribution in [3.8, 4) is 0 Å². The Labute approximate surface area is 55.0 Å². The number of alkyl halides is 1. The molecule has 0 aliphatic carbocycles. The van der Waals surface area contributed by atoms with Crippen LogP contribution in [0.1, 0.15) is 20.0 Å². The Hall–Kier alpha value is -0.920. The van der Waals surface area contributed by atoms with Gasteiger partial charge < -0.3 is 0 Å². The monoisotopic (exact) mass is 126 g/mol. The fourth-order valence-electron chi connectivity index (χ4n) is 0.555. The second kappa shape index (κ2) is 2.58. The zero-order valence-corrected chi connectivity index (χ0v) is 5.13. The molecular formula is C7H8FN. The third-order valence-corrected chi connectivity index (χ3v) is 1.08. The van der Waals surface area contributed by atoms with Gasteiger partial charge in [-0.3, -0.25) is 4.98 Å². The zero-order chi connectivity index (χ0) is 7.56. The van der Waals surface area contributed by atoms with E-state index in [1.165, 1.54) is 25.4 Å². The quantitative estimate of drug-likeness (QED) is 0.561. The van der Waals surface area contributed by atoms with E-state index in [-0.39, 0.29) is 6.04 Å². The number of aromatic nitrogens is 1. The molecule has 48 valence electrons. The van der Waals surface area contributed by atoms with Crippen molar-refractivity contribution < 1.29 is 5.76 Å². The standard InChI is InChI=1S/C7H8FN/c1-6(8)7-3-2-4-9-5-7/h2-6H,1H3/t6-/m0/s1/i2D. The molecule has 0 saturated heterocycles. The molecule has 1 aromatic heterocycles. The molecule has 0 bridgehead atoms. The topological polar surface area (TPSA) is 12.9 Å². The molecule has 0 amide bonds. The molecule has 0 unspecified atom stereocenters. The Balaban J connectivity index is 2.96. The van der Waals surface area contributed by atoms with Gasteiger partial charge in [0, 0.05) is 18.0 Å².